The Morgan fingerprint density at radius 2 is 1.85 bits per heavy atom. The molecule has 1 atom stereocenters. The van der Waals surface area contributed by atoms with Gasteiger partial charge in [0.2, 0.25) is 11.4 Å². The van der Waals surface area contributed by atoms with E-state index in [2.05, 4.69) is 42.7 Å². The highest BCUT2D eigenvalue weighted by Crippen LogP contribution is 2.46. The fourth-order valence-electron chi connectivity index (χ4n) is 7.43. The highest BCUT2D eigenvalue weighted by molar-refractivity contribution is 7.11. The van der Waals surface area contributed by atoms with E-state index in [4.69, 9.17) is 18.9 Å². The highest BCUT2D eigenvalue weighted by atomic mass is 32.1. The Bertz CT molecular complexity index is 2000. The third kappa shape index (κ3) is 6.96. The number of fused-ring (bicyclic) bond motifs is 3. The molecular formula is C40H42N2O8SSi. The molecule has 1 aromatic heterocycles. The molecule has 0 spiro atoms. The van der Waals surface area contributed by atoms with Crippen LogP contribution in [0.4, 0.5) is 4.79 Å². The van der Waals surface area contributed by atoms with Crippen molar-refractivity contribution in [3.63, 3.8) is 0 Å². The summed E-state index contributed by atoms with van der Waals surface area (Å²) in [5, 5.41) is 5.33. The van der Waals surface area contributed by atoms with Crippen LogP contribution in [0.2, 0.25) is 25.2 Å². The summed E-state index contributed by atoms with van der Waals surface area (Å²) in [4.78, 5) is 55.5. The van der Waals surface area contributed by atoms with Crippen molar-refractivity contribution in [1.29, 1.82) is 0 Å². The summed E-state index contributed by atoms with van der Waals surface area (Å²) in [6.07, 6.45) is 3.15. The van der Waals surface area contributed by atoms with Crippen molar-refractivity contribution in [1.82, 2.24) is 10.2 Å². The first-order chi connectivity index (χ1) is 25.1. The molecule has 1 aliphatic carbocycles. The molecule has 1 N–H and O–H groups in total. The van der Waals surface area contributed by atoms with Gasteiger partial charge in [0.05, 0.1) is 13.2 Å². The SMILES string of the molecule is CCC1(OC(=O)OCc2ccccc2)C(=O)OCC2=C1CC1=C(C2=O)N2Cc3c(cccc3CC[Si](C)(C)CCCOC(=O)c3cccs3)C=C2N1. The number of cyclic esters (lactones) is 1. The summed E-state index contributed by atoms with van der Waals surface area (Å²) < 4.78 is 22.2. The zero-order valence-corrected chi connectivity index (χ0v) is 31.4. The molecule has 1 unspecified atom stereocenters. The predicted molar refractivity (Wildman–Crippen MR) is 198 cm³/mol. The molecule has 4 aliphatic rings. The third-order valence-electron chi connectivity index (χ3n) is 10.4. The number of ether oxygens (including phenoxy) is 4. The topological polar surface area (TPSA) is 120 Å². The first-order valence-corrected chi connectivity index (χ1v) is 22.0. The highest BCUT2D eigenvalue weighted by Gasteiger charge is 2.55. The lowest BCUT2D eigenvalue weighted by molar-refractivity contribution is -0.166. The van der Waals surface area contributed by atoms with Crippen molar-refractivity contribution < 1.29 is 38.1 Å². The zero-order chi connectivity index (χ0) is 36.5. The molecule has 3 aromatic rings. The zero-order valence-electron chi connectivity index (χ0n) is 29.6. The number of thiophene rings is 1. The lowest BCUT2D eigenvalue weighted by Gasteiger charge is -2.39. The van der Waals surface area contributed by atoms with Crippen LogP contribution in [0.25, 0.3) is 6.08 Å². The van der Waals surface area contributed by atoms with Crippen molar-refractivity contribution in [2.75, 3.05) is 13.2 Å². The fourth-order valence-corrected chi connectivity index (χ4v) is 10.3. The average Bonchev–Trinajstić information content (AvgIpc) is 3.81. The van der Waals surface area contributed by atoms with E-state index in [1.165, 1.54) is 22.5 Å². The molecule has 7 rings (SSSR count). The van der Waals surface area contributed by atoms with Gasteiger partial charge in [-0.05, 0) is 59.0 Å². The lowest BCUT2D eigenvalue weighted by atomic mass is 9.78. The van der Waals surface area contributed by atoms with Gasteiger partial charge in [-0.3, -0.25) is 4.79 Å². The van der Waals surface area contributed by atoms with Crippen LogP contribution in [0.3, 0.4) is 0 Å². The molecule has 0 bridgehead atoms. The molecule has 2 aromatic carbocycles. The summed E-state index contributed by atoms with van der Waals surface area (Å²) in [5.74, 6) is -0.404. The van der Waals surface area contributed by atoms with Gasteiger partial charge in [0.15, 0.2) is 0 Å². The molecule has 4 heterocycles. The Morgan fingerprint density at radius 3 is 2.62 bits per heavy atom. The number of ketones is 1. The van der Waals surface area contributed by atoms with E-state index in [1.54, 1.807) is 13.0 Å². The van der Waals surface area contributed by atoms with Gasteiger partial charge in [0.1, 0.15) is 29.6 Å². The summed E-state index contributed by atoms with van der Waals surface area (Å²) in [6, 6.07) is 21.3. The molecular weight excluding hydrogens is 697 g/mol. The largest absolute Gasteiger partial charge is 0.510 e. The Balaban J connectivity index is 1.03. The second-order valence-corrected chi connectivity index (χ2v) is 20.6. The van der Waals surface area contributed by atoms with E-state index in [-0.39, 0.29) is 37.8 Å². The molecule has 270 valence electrons. The number of carbonyl (C=O) groups is 4. The van der Waals surface area contributed by atoms with Gasteiger partial charge in [-0.2, -0.15) is 0 Å². The number of aryl methyl sites for hydroxylation is 1. The number of rotatable bonds is 12. The Morgan fingerprint density at radius 1 is 1.02 bits per heavy atom. The van der Waals surface area contributed by atoms with Crippen LogP contribution < -0.4 is 5.32 Å². The number of hydrogen-bond acceptors (Lipinski definition) is 11. The van der Waals surface area contributed by atoms with Crippen LogP contribution in [0.15, 0.2) is 94.4 Å². The first-order valence-electron chi connectivity index (χ1n) is 17.7. The van der Waals surface area contributed by atoms with Crippen molar-refractivity contribution in [2.45, 2.75) is 76.5 Å². The molecule has 0 radical (unpaired) electrons. The maximum Gasteiger partial charge on any atom is 0.510 e. The van der Waals surface area contributed by atoms with E-state index in [9.17, 15) is 19.2 Å². The monoisotopic (exact) mass is 738 g/mol. The van der Waals surface area contributed by atoms with Crippen LogP contribution in [0.5, 0.6) is 0 Å². The number of Topliss-reactive ketones (excluding diaryl/α,β-unsaturated/α-hetero) is 1. The van der Waals surface area contributed by atoms with Crippen molar-refractivity contribution in [3.8, 4) is 0 Å². The molecule has 0 amide bonds. The summed E-state index contributed by atoms with van der Waals surface area (Å²) in [7, 11) is -1.60. The van der Waals surface area contributed by atoms with Crippen molar-refractivity contribution >= 4 is 49.4 Å². The number of nitrogens with zero attached hydrogens (tertiary/aromatic N) is 1. The number of benzene rings is 2. The number of hydrogen-bond donors (Lipinski definition) is 1. The number of esters is 2. The summed E-state index contributed by atoms with van der Waals surface area (Å²) >= 11 is 1.39. The van der Waals surface area contributed by atoms with E-state index in [1.807, 2.05) is 46.7 Å². The fraction of sp³-hybridized carbons (Fsp3) is 0.350. The van der Waals surface area contributed by atoms with E-state index < -0.39 is 25.8 Å². The quantitative estimate of drug-likeness (QED) is 0.0866. The minimum absolute atomic E-state index is 0.0189. The Hall–Kier alpha value is -4.94. The molecule has 12 heteroatoms. The maximum atomic E-state index is 14.3. The Kier molecular flexibility index (Phi) is 9.95. The summed E-state index contributed by atoms with van der Waals surface area (Å²) in [6.45, 7) is 7.25. The van der Waals surface area contributed by atoms with Crippen LogP contribution in [0.1, 0.15) is 58.1 Å². The minimum atomic E-state index is -1.77. The van der Waals surface area contributed by atoms with Crippen molar-refractivity contribution in [2.24, 2.45) is 0 Å². The normalized spacial score (nSPS) is 19.1. The van der Waals surface area contributed by atoms with Gasteiger partial charge in [-0.25, -0.2) is 14.4 Å². The van der Waals surface area contributed by atoms with E-state index in [0.29, 0.717) is 40.6 Å². The number of allylic oxidation sites excluding steroid dienone is 2. The van der Waals surface area contributed by atoms with Crippen LogP contribution in [0, 0.1) is 0 Å². The molecule has 0 fully saturated rings. The van der Waals surface area contributed by atoms with Crippen LogP contribution >= 0.6 is 11.3 Å². The molecule has 0 saturated heterocycles. The standard InChI is InChI=1S/C40H42N2O8SSi/c1-4-40(50-39(46)49-24-26-11-6-5-7-12-26)31-22-32-35(36(43)30(31)25-48-38(40)45)42-23-29-27(13-8-14-28(29)21-34(42)41-32)16-20-52(2,3)19-10-17-47-37(44)33-15-9-18-51-33/h5-9,11-15,18,21,41H,4,10,16-17,19-20,22-25H2,1-3H3. The third-order valence-corrected chi connectivity index (χ3v) is 14.6. The number of nitrogens with one attached hydrogen (secondary N) is 1. The van der Waals surface area contributed by atoms with Gasteiger partial charge in [-0.1, -0.05) is 86.7 Å². The summed E-state index contributed by atoms with van der Waals surface area (Å²) in [5.41, 5.74) is 4.54. The van der Waals surface area contributed by atoms with Gasteiger partial charge in [0, 0.05) is 31.3 Å². The van der Waals surface area contributed by atoms with Gasteiger partial charge >= 0.3 is 18.1 Å². The van der Waals surface area contributed by atoms with Crippen LogP contribution in [-0.2, 0) is 48.1 Å². The van der Waals surface area contributed by atoms with Gasteiger partial charge in [0.25, 0.3) is 0 Å². The second kappa shape index (κ2) is 14.6. The number of carbonyl (C=O) groups excluding carboxylic acids is 4. The van der Waals surface area contributed by atoms with Gasteiger partial charge < -0.3 is 29.2 Å². The van der Waals surface area contributed by atoms with E-state index >= 15 is 0 Å². The van der Waals surface area contributed by atoms with Crippen LogP contribution in [-0.4, -0.2) is 55.7 Å². The Labute approximate surface area is 308 Å². The second-order valence-electron chi connectivity index (χ2n) is 14.3. The average molecular weight is 739 g/mol. The smallest absolute Gasteiger partial charge is 0.462 e. The van der Waals surface area contributed by atoms with Gasteiger partial charge in [-0.15, -0.1) is 11.3 Å². The molecule has 10 nitrogen and oxygen atoms in total. The maximum absolute atomic E-state index is 14.3. The minimum Gasteiger partial charge on any atom is -0.462 e. The predicted octanol–water partition coefficient (Wildman–Crippen LogP) is 7.50. The molecule has 0 saturated carbocycles. The first kappa shape index (κ1) is 35.5. The molecule has 52 heavy (non-hydrogen) atoms. The lowest BCUT2D eigenvalue weighted by Crippen LogP contribution is -2.51. The molecule has 3 aliphatic heterocycles. The van der Waals surface area contributed by atoms with Crippen molar-refractivity contribution in [3.05, 3.63) is 122 Å². The van der Waals surface area contributed by atoms with E-state index in [0.717, 1.165) is 41.9 Å².